The zero-order valence-corrected chi connectivity index (χ0v) is 16.2. The van der Waals surface area contributed by atoms with E-state index in [4.69, 9.17) is 4.42 Å². The van der Waals surface area contributed by atoms with E-state index in [1.54, 1.807) is 42.3 Å². The van der Waals surface area contributed by atoms with Crippen LogP contribution in [-0.4, -0.2) is 42.3 Å². The second-order valence-electron chi connectivity index (χ2n) is 7.19. The summed E-state index contributed by atoms with van der Waals surface area (Å²) >= 11 is 0. The molecule has 0 aliphatic carbocycles. The number of carbonyl (C=O) groups excluding carboxylic acids is 3. The number of rotatable bonds is 3. The Kier molecular flexibility index (Phi) is 4.80. The van der Waals surface area contributed by atoms with Crippen LogP contribution in [0.15, 0.2) is 59.0 Å². The molecular weight excluding hydrogens is 370 g/mol. The van der Waals surface area contributed by atoms with E-state index in [0.29, 0.717) is 17.0 Å². The van der Waals surface area contributed by atoms with Gasteiger partial charge in [0, 0.05) is 24.9 Å². The Morgan fingerprint density at radius 2 is 1.90 bits per heavy atom. The van der Waals surface area contributed by atoms with Crippen LogP contribution in [0.5, 0.6) is 0 Å². The first-order chi connectivity index (χ1) is 13.9. The quantitative estimate of drug-likeness (QED) is 0.743. The van der Waals surface area contributed by atoms with Crippen LogP contribution in [0.2, 0.25) is 0 Å². The number of anilines is 2. The summed E-state index contributed by atoms with van der Waals surface area (Å²) in [5.41, 5.74) is 1.83. The van der Waals surface area contributed by atoms with Gasteiger partial charge in [0.05, 0.1) is 11.4 Å². The van der Waals surface area contributed by atoms with Crippen LogP contribution >= 0.6 is 0 Å². The number of likely N-dealkylation sites (N-methyl/N-ethyl adjacent to an activating group) is 1. The molecule has 0 saturated carbocycles. The van der Waals surface area contributed by atoms with E-state index in [0.717, 1.165) is 5.39 Å². The summed E-state index contributed by atoms with van der Waals surface area (Å²) in [6.07, 6.45) is 0.182. The van der Waals surface area contributed by atoms with Crippen molar-refractivity contribution in [2.75, 3.05) is 23.8 Å². The Labute approximate surface area is 167 Å². The molecule has 2 heterocycles. The average molecular weight is 391 g/mol. The minimum atomic E-state index is -0.375. The summed E-state index contributed by atoms with van der Waals surface area (Å²) in [5.74, 6) is -0.609. The predicted molar refractivity (Wildman–Crippen MR) is 110 cm³/mol. The lowest BCUT2D eigenvalue weighted by molar-refractivity contribution is -0.119. The third-order valence-electron chi connectivity index (χ3n) is 4.98. The molecule has 1 N–H and O–H groups in total. The first kappa shape index (κ1) is 18.7. The maximum atomic E-state index is 13.1. The van der Waals surface area contributed by atoms with Crippen LogP contribution in [0.3, 0.4) is 0 Å². The van der Waals surface area contributed by atoms with E-state index in [-0.39, 0.29) is 42.5 Å². The second-order valence-corrected chi connectivity index (χ2v) is 7.19. The van der Waals surface area contributed by atoms with E-state index in [2.05, 4.69) is 5.32 Å². The Bertz CT molecular complexity index is 1070. The topological polar surface area (TPSA) is 82.9 Å². The maximum Gasteiger partial charge on any atom is 0.289 e. The van der Waals surface area contributed by atoms with Gasteiger partial charge in [0.2, 0.25) is 11.8 Å². The molecule has 3 aromatic rings. The van der Waals surface area contributed by atoms with E-state index in [9.17, 15) is 14.4 Å². The Morgan fingerprint density at radius 3 is 2.69 bits per heavy atom. The van der Waals surface area contributed by atoms with Gasteiger partial charge < -0.3 is 19.5 Å². The number of amides is 3. The fraction of sp³-hybridized carbons (Fsp3) is 0.227. The smallest absolute Gasteiger partial charge is 0.289 e. The number of hydrogen-bond acceptors (Lipinski definition) is 4. The first-order valence-corrected chi connectivity index (χ1v) is 9.39. The highest BCUT2D eigenvalue weighted by molar-refractivity contribution is 6.06. The van der Waals surface area contributed by atoms with Crippen LogP contribution in [-0.2, 0) is 9.59 Å². The van der Waals surface area contributed by atoms with Crippen molar-refractivity contribution in [3.8, 4) is 0 Å². The first-order valence-electron chi connectivity index (χ1n) is 9.39. The lowest BCUT2D eigenvalue weighted by atomic mass is 10.1. The highest BCUT2D eigenvalue weighted by Gasteiger charge is 2.31. The lowest BCUT2D eigenvalue weighted by Gasteiger charge is -2.29. The molecule has 1 atom stereocenters. The number of hydrogen-bond donors (Lipinski definition) is 1. The maximum absolute atomic E-state index is 13.1. The summed E-state index contributed by atoms with van der Waals surface area (Å²) in [5, 5.41) is 3.66. The van der Waals surface area contributed by atoms with E-state index in [1.165, 1.54) is 4.90 Å². The Hall–Kier alpha value is -3.61. The van der Waals surface area contributed by atoms with E-state index < -0.39 is 0 Å². The van der Waals surface area contributed by atoms with Gasteiger partial charge in [-0.2, -0.15) is 0 Å². The number of benzene rings is 2. The normalized spacial score (nSPS) is 16.1. The zero-order valence-electron chi connectivity index (χ0n) is 16.2. The van der Waals surface area contributed by atoms with Crippen molar-refractivity contribution < 1.29 is 18.8 Å². The second kappa shape index (κ2) is 7.43. The molecule has 0 bridgehead atoms. The van der Waals surface area contributed by atoms with Gasteiger partial charge in [0.1, 0.15) is 12.1 Å². The molecule has 1 aliphatic heterocycles. The van der Waals surface area contributed by atoms with Crippen molar-refractivity contribution in [3.05, 3.63) is 60.4 Å². The van der Waals surface area contributed by atoms with Gasteiger partial charge in [-0.3, -0.25) is 14.4 Å². The van der Waals surface area contributed by atoms with Crippen molar-refractivity contribution in [2.45, 2.75) is 19.4 Å². The fourth-order valence-electron chi connectivity index (χ4n) is 3.59. The predicted octanol–water partition coefficient (Wildman–Crippen LogP) is 3.27. The van der Waals surface area contributed by atoms with E-state index >= 15 is 0 Å². The van der Waals surface area contributed by atoms with Gasteiger partial charge in [-0.25, -0.2) is 0 Å². The van der Waals surface area contributed by atoms with Crippen LogP contribution in [0.1, 0.15) is 23.9 Å². The van der Waals surface area contributed by atoms with Gasteiger partial charge in [-0.1, -0.05) is 30.3 Å². The number of furan rings is 1. The molecule has 29 heavy (non-hydrogen) atoms. The number of para-hydroxylation sites is 3. The SMILES string of the molecule is C[C@H]1CC(=O)Nc2ccccc2N1C(=O)CN(C)C(=O)c1cc2ccccc2o1. The highest BCUT2D eigenvalue weighted by atomic mass is 16.3. The fourth-order valence-corrected chi connectivity index (χ4v) is 3.59. The number of nitrogens with zero attached hydrogens (tertiary/aromatic N) is 2. The van der Waals surface area contributed by atoms with Crippen molar-refractivity contribution in [1.29, 1.82) is 0 Å². The molecule has 0 saturated heterocycles. The minimum absolute atomic E-state index is 0.136. The Balaban J connectivity index is 1.56. The molecule has 0 spiro atoms. The van der Waals surface area contributed by atoms with Crippen molar-refractivity contribution >= 4 is 40.1 Å². The number of nitrogens with one attached hydrogen (secondary N) is 1. The molecular formula is C22H21N3O4. The van der Waals surface area contributed by atoms with Crippen LogP contribution in [0.25, 0.3) is 11.0 Å². The molecule has 3 amide bonds. The number of fused-ring (bicyclic) bond motifs is 2. The van der Waals surface area contributed by atoms with Crippen LogP contribution in [0.4, 0.5) is 11.4 Å². The van der Waals surface area contributed by atoms with Crippen LogP contribution in [0, 0.1) is 0 Å². The third kappa shape index (κ3) is 3.59. The highest BCUT2D eigenvalue weighted by Crippen LogP contribution is 2.31. The Morgan fingerprint density at radius 1 is 1.17 bits per heavy atom. The molecule has 1 aliphatic rings. The molecule has 7 nitrogen and oxygen atoms in total. The molecule has 0 unspecified atom stereocenters. The molecule has 0 radical (unpaired) electrons. The largest absolute Gasteiger partial charge is 0.451 e. The third-order valence-corrected chi connectivity index (χ3v) is 4.98. The molecule has 0 fully saturated rings. The number of carbonyl (C=O) groups is 3. The van der Waals surface area contributed by atoms with E-state index in [1.807, 2.05) is 31.2 Å². The summed E-state index contributed by atoms with van der Waals surface area (Å²) in [4.78, 5) is 40.9. The summed E-state index contributed by atoms with van der Waals surface area (Å²) in [6.45, 7) is 1.68. The van der Waals surface area contributed by atoms with Crippen molar-refractivity contribution in [2.24, 2.45) is 0 Å². The minimum Gasteiger partial charge on any atom is -0.451 e. The van der Waals surface area contributed by atoms with Gasteiger partial charge >= 0.3 is 0 Å². The van der Waals surface area contributed by atoms with Gasteiger partial charge in [0.25, 0.3) is 5.91 Å². The molecule has 1 aromatic heterocycles. The van der Waals surface area contributed by atoms with Crippen molar-refractivity contribution in [3.63, 3.8) is 0 Å². The average Bonchev–Trinajstić information content (AvgIpc) is 3.07. The van der Waals surface area contributed by atoms with Crippen LogP contribution < -0.4 is 10.2 Å². The van der Waals surface area contributed by atoms with Crippen molar-refractivity contribution in [1.82, 2.24) is 4.90 Å². The monoisotopic (exact) mass is 391 g/mol. The summed E-state index contributed by atoms with van der Waals surface area (Å²) < 4.78 is 5.62. The molecule has 2 aromatic carbocycles. The zero-order chi connectivity index (χ0) is 20.5. The van der Waals surface area contributed by atoms with Gasteiger partial charge in [-0.15, -0.1) is 0 Å². The molecule has 4 rings (SSSR count). The summed E-state index contributed by atoms with van der Waals surface area (Å²) in [6, 6.07) is 15.9. The standard InChI is InChI=1S/C22H21N3O4/c1-14-11-20(26)23-16-8-4-5-9-17(16)25(14)21(27)13-24(2)22(28)19-12-15-7-3-6-10-18(15)29-19/h3-10,12,14H,11,13H2,1-2H3,(H,23,26)/t14-/m0/s1. The molecule has 7 heteroatoms. The molecule has 148 valence electrons. The summed E-state index contributed by atoms with van der Waals surface area (Å²) in [7, 11) is 1.56. The lowest BCUT2D eigenvalue weighted by Crippen LogP contribution is -2.45. The van der Waals surface area contributed by atoms with Gasteiger partial charge in [-0.05, 0) is 31.2 Å². The van der Waals surface area contributed by atoms with Gasteiger partial charge in [0.15, 0.2) is 5.76 Å².